The van der Waals surface area contributed by atoms with Crippen LogP contribution in [0.5, 0.6) is 0 Å². The van der Waals surface area contributed by atoms with Crippen LogP contribution in [0, 0.1) is 17.4 Å². The van der Waals surface area contributed by atoms with Crippen LogP contribution in [0.2, 0.25) is 0 Å². The lowest BCUT2D eigenvalue weighted by Crippen LogP contribution is -2.31. The number of hydrogen-bond donors (Lipinski definition) is 1. The maximum atomic E-state index is 12.0. The summed E-state index contributed by atoms with van der Waals surface area (Å²) in [6, 6.07) is 0. The number of halogens is 1. The number of ether oxygens (including phenoxy) is 1. The Kier molecular flexibility index (Phi) is 4.95. The van der Waals surface area contributed by atoms with Crippen molar-refractivity contribution in [2.45, 2.75) is 39.3 Å². The van der Waals surface area contributed by atoms with Crippen LogP contribution in [-0.2, 0) is 11.3 Å². The number of carbonyl (C=O) groups is 1. The van der Waals surface area contributed by atoms with Gasteiger partial charge in [-0.1, -0.05) is 5.16 Å². The Morgan fingerprint density at radius 1 is 1.48 bits per heavy atom. The molecule has 0 bridgehead atoms. The summed E-state index contributed by atoms with van der Waals surface area (Å²) >= 11 is 2.25. The molecule has 0 spiro atoms. The van der Waals surface area contributed by atoms with E-state index in [4.69, 9.17) is 9.26 Å². The van der Waals surface area contributed by atoms with Crippen LogP contribution in [0.15, 0.2) is 4.52 Å². The van der Waals surface area contributed by atoms with Crippen molar-refractivity contribution >= 4 is 28.5 Å². The van der Waals surface area contributed by atoms with E-state index in [1.807, 2.05) is 13.8 Å². The molecular weight excluding hydrogens is 413 g/mol. The fourth-order valence-electron chi connectivity index (χ4n) is 2.46. The van der Waals surface area contributed by atoms with Gasteiger partial charge in [0.05, 0.1) is 15.4 Å². The van der Waals surface area contributed by atoms with Gasteiger partial charge in [0.25, 0.3) is 0 Å². The number of carbonyl (C=O) groups excluding carboxylic acids is 1. The quantitative estimate of drug-likeness (QED) is 0.721. The minimum atomic E-state index is -0.373. The van der Waals surface area contributed by atoms with E-state index in [9.17, 15) is 4.79 Å². The average molecular weight is 431 g/mol. The van der Waals surface area contributed by atoms with E-state index in [0.717, 1.165) is 34.4 Å². The predicted molar refractivity (Wildman–Crippen MR) is 89.1 cm³/mol. The molecule has 2 aromatic rings. The number of amides is 1. The number of rotatable bonds is 5. The summed E-state index contributed by atoms with van der Waals surface area (Å²) in [4.78, 5) is 16.1. The molecule has 3 rings (SSSR count). The van der Waals surface area contributed by atoms with Crippen LogP contribution in [0.25, 0.3) is 0 Å². The van der Waals surface area contributed by atoms with Crippen molar-refractivity contribution in [3.63, 3.8) is 0 Å². The highest BCUT2D eigenvalue weighted by molar-refractivity contribution is 14.1. The van der Waals surface area contributed by atoms with Crippen LogP contribution < -0.4 is 5.32 Å². The second-order valence-electron chi connectivity index (χ2n) is 5.50. The molecule has 1 aliphatic rings. The summed E-state index contributed by atoms with van der Waals surface area (Å²) < 4.78 is 13.4. The maximum Gasteiger partial charge on any atom is 0.316 e. The smallest absolute Gasteiger partial charge is 0.316 e. The lowest BCUT2D eigenvalue weighted by atomic mass is 10.2. The van der Waals surface area contributed by atoms with Crippen LogP contribution in [-0.4, -0.2) is 45.1 Å². The Bertz CT molecular complexity index is 705. The van der Waals surface area contributed by atoms with Gasteiger partial charge in [-0.15, -0.1) is 0 Å². The predicted octanol–water partition coefficient (Wildman–Crippen LogP) is 1.44. The zero-order valence-corrected chi connectivity index (χ0v) is 15.2. The summed E-state index contributed by atoms with van der Waals surface area (Å²) in [6.45, 7) is 5.53. The second kappa shape index (κ2) is 6.95. The number of aromatic nitrogens is 4. The summed E-state index contributed by atoms with van der Waals surface area (Å²) in [5.41, 5.74) is 2.00. The molecule has 1 unspecified atom stereocenters. The summed E-state index contributed by atoms with van der Waals surface area (Å²) in [5, 5.41) is 11.0. The van der Waals surface area contributed by atoms with E-state index in [2.05, 4.69) is 43.1 Å². The average Bonchev–Trinajstić information content (AvgIpc) is 3.25. The van der Waals surface area contributed by atoms with Crippen molar-refractivity contribution in [2.75, 3.05) is 13.2 Å². The van der Waals surface area contributed by atoms with Crippen molar-refractivity contribution < 1.29 is 14.1 Å². The Morgan fingerprint density at radius 2 is 2.30 bits per heavy atom. The molecule has 1 atom stereocenters. The van der Waals surface area contributed by atoms with Gasteiger partial charge in [-0.2, -0.15) is 10.1 Å². The first-order valence-electron chi connectivity index (χ1n) is 7.46. The topological polar surface area (TPSA) is 95.1 Å². The van der Waals surface area contributed by atoms with Crippen LogP contribution >= 0.6 is 22.6 Å². The third-order valence-electron chi connectivity index (χ3n) is 3.76. The summed E-state index contributed by atoms with van der Waals surface area (Å²) in [5.74, 6) is 0.0192. The molecule has 8 nitrogen and oxygen atoms in total. The fraction of sp³-hybridized carbons (Fsp3) is 0.571. The third-order valence-corrected chi connectivity index (χ3v) is 5.32. The van der Waals surface area contributed by atoms with Crippen molar-refractivity contribution in [1.82, 2.24) is 25.2 Å². The van der Waals surface area contributed by atoms with Crippen LogP contribution in [0.4, 0.5) is 0 Å². The van der Waals surface area contributed by atoms with Gasteiger partial charge in [0.1, 0.15) is 6.54 Å². The molecule has 23 heavy (non-hydrogen) atoms. The minimum absolute atomic E-state index is 0.0331. The van der Waals surface area contributed by atoms with Gasteiger partial charge in [0.15, 0.2) is 5.82 Å². The zero-order chi connectivity index (χ0) is 16.4. The highest BCUT2D eigenvalue weighted by atomic mass is 127. The first kappa shape index (κ1) is 16.4. The van der Waals surface area contributed by atoms with E-state index in [1.54, 1.807) is 4.68 Å². The number of nitrogens with one attached hydrogen (secondary N) is 1. The number of aryl methyl sites for hydroxylation is 1. The lowest BCUT2D eigenvalue weighted by Gasteiger charge is -2.08. The van der Waals surface area contributed by atoms with Crippen LogP contribution in [0.1, 0.15) is 40.7 Å². The van der Waals surface area contributed by atoms with E-state index in [1.165, 1.54) is 0 Å². The van der Waals surface area contributed by atoms with E-state index >= 15 is 0 Å². The zero-order valence-electron chi connectivity index (χ0n) is 13.0. The highest BCUT2D eigenvalue weighted by Crippen LogP contribution is 2.16. The molecule has 1 N–H and O–H groups in total. The largest absolute Gasteiger partial charge is 0.376 e. The molecule has 9 heteroatoms. The standard InChI is InChI=1S/C14H18IN5O3/c1-8-12(15)9(2)20(18-8)7-11-17-14(23-19-11)13(21)16-6-10-4-3-5-22-10/h10H,3-7H2,1-2H3,(H,16,21). The summed E-state index contributed by atoms with van der Waals surface area (Å²) in [6.07, 6.45) is 2.08. The summed E-state index contributed by atoms with van der Waals surface area (Å²) in [7, 11) is 0. The molecule has 0 aromatic carbocycles. The SMILES string of the molecule is Cc1nn(Cc2noc(C(=O)NCC3CCCO3)n2)c(C)c1I. The third kappa shape index (κ3) is 3.71. The Morgan fingerprint density at radius 3 is 2.96 bits per heavy atom. The van der Waals surface area contributed by atoms with Crippen molar-refractivity contribution in [2.24, 2.45) is 0 Å². The Balaban J connectivity index is 1.60. The molecule has 0 radical (unpaired) electrons. The fourth-order valence-corrected chi connectivity index (χ4v) is 2.85. The molecule has 1 fully saturated rings. The Hall–Kier alpha value is -1.49. The Labute approximate surface area is 147 Å². The number of nitrogens with zero attached hydrogens (tertiary/aromatic N) is 4. The van der Waals surface area contributed by atoms with Crippen molar-refractivity contribution in [1.29, 1.82) is 0 Å². The van der Waals surface area contributed by atoms with E-state index < -0.39 is 0 Å². The molecular formula is C14H18IN5O3. The normalized spacial score (nSPS) is 17.6. The van der Waals surface area contributed by atoms with Gasteiger partial charge in [-0.05, 0) is 49.3 Å². The second-order valence-corrected chi connectivity index (χ2v) is 6.58. The molecule has 124 valence electrons. The number of hydrogen-bond acceptors (Lipinski definition) is 6. The maximum absolute atomic E-state index is 12.0. The van der Waals surface area contributed by atoms with Gasteiger partial charge in [-0.25, -0.2) is 0 Å². The molecule has 1 amide bonds. The molecule has 1 saturated heterocycles. The van der Waals surface area contributed by atoms with Gasteiger partial charge >= 0.3 is 11.8 Å². The van der Waals surface area contributed by atoms with E-state index in [0.29, 0.717) is 18.9 Å². The molecule has 2 aromatic heterocycles. The van der Waals surface area contributed by atoms with Crippen molar-refractivity contribution in [3.8, 4) is 0 Å². The minimum Gasteiger partial charge on any atom is -0.376 e. The van der Waals surface area contributed by atoms with E-state index in [-0.39, 0.29) is 17.9 Å². The van der Waals surface area contributed by atoms with Gasteiger partial charge in [-0.3, -0.25) is 9.48 Å². The highest BCUT2D eigenvalue weighted by Gasteiger charge is 2.20. The van der Waals surface area contributed by atoms with Crippen molar-refractivity contribution in [3.05, 3.63) is 26.7 Å². The first-order chi connectivity index (χ1) is 11.0. The van der Waals surface area contributed by atoms with Gasteiger partial charge in [0.2, 0.25) is 0 Å². The monoisotopic (exact) mass is 431 g/mol. The molecule has 0 aliphatic carbocycles. The van der Waals surface area contributed by atoms with Crippen LogP contribution in [0.3, 0.4) is 0 Å². The van der Waals surface area contributed by atoms with Gasteiger partial charge < -0.3 is 14.6 Å². The lowest BCUT2D eigenvalue weighted by molar-refractivity contribution is 0.0822. The molecule has 3 heterocycles. The van der Waals surface area contributed by atoms with Gasteiger partial charge in [0, 0.05) is 18.8 Å². The molecule has 0 saturated carbocycles. The first-order valence-corrected chi connectivity index (χ1v) is 8.54. The molecule has 1 aliphatic heterocycles.